The summed E-state index contributed by atoms with van der Waals surface area (Å²) < 4.78 is 0. The van der Waals surface area contributed by atoms with Crippen molar-refractivity contribution in [3.63, 3.8) is 0 Å². The number of benzene rings is 2. The predicted molar refractivity (Wildman–Crippen MR) is 86.8 cm³/mol. The molecule has 0 radical (unpaired) electrons. The average molecular weight is 293 g/mol. The number of rotatable bonds is 4. The maximum absolute atomic E-state index is 12.2. The second-order valence-electron chi connectivity index (χ2n) is 4.98. The highest BCUT2D eigenvalue weighted by Gasteiger charge is 2.10. The molecule has 0 unspecified atom stereocenters. The van der Waals surface area contributed by atoms with E-state index < -0.39 is 0 Å². The molecule has 3 aromatic rings. The van der Waals surface area contributed by atoms with Crippen molar-refractivity contribution in [3.8, 4) is 10.6 Å². The zero-order chi connectivity index (χ0) is 14.7. The number of hydrogen-bond donors (Lipinski definition) is 0. The Hall–Kier alpha value is -2.26. The largest absolute Gasteiger partial charge is 0.294 e. The van der Waals surface area contributed by atoms with E-state index in [-0.39, 0.29) is 5.78 Å². The van der Waals surface area contributed by atoms with Crippen molar-refractivity contribution in [1.29, 1.82) is 0 Å². The summed E-state index contributed by atoms with van der Waals surface area (Å²) in [5, 5.41) is 2.93. The fraction of sp³-hybridized carbons (Fsp3) is 0.111. The van der Waals surface area contributed by atoms with Gasteiger partial charge in [-0.25, -0.2) is 4.98 Å². The third-order valence-electron chi connectivity index (χ3n) is 3.29. The summed E-state index contributed by atoms with van der Waals surface area (Å²) in [5.74, 6) is 0.108. The topological polar surface area (TPSA) is 30.0 Å². The summed E-state index contributed by atoms with van der Waals surface area (Å²) in [6.45, 7) is 2.07. The van der Waals surface area contributed by atoms with Crippen molar-refractivity contribution < 1.29 is 4.79 Å². The van der Waals surface area contributed by atoms with Gasteiger partial charge in [0.25, 0.3) is 0 Å². The van der Waals surface area contributed by atoms with E-state index in [1.807, 2.05) is 35.7 Å². The molecule has 0 bridgehead atoms. The smallest absolute Gasteiger partial charge is 0.168 e. The van der Waals surface area contributed by atoms with Crippen LogP contribution in [0.3, 0.4) is 0 Å². The van der Waals surface area contributed by atoms with Crippen LogP contribution in [-0.4, -0.2) is 10.8 Å². The molecular weight excluding hydrogens is 278 g/mol. The number of nitrogens with zero attached hydrogens (tertiary/aromatic N) is 1. The third-order valence-corrected chi connectivity index (χ3v) is 4.23. The van der Waals surface area contributed by atoms with E-state index in [1.54, 1.807) is 11.3 Å². The second kappa shape index (κ2) is 6.02. The van der Waals surface area contributed by atoms with Gasteiger partial charge in [-0.3, -0.25) is 4.79 Å². The second-order valence-corrected chi connectivity index (χ2v) is 5.83. The standard InChI is InChI=1S/C18H15NOS/c1-13-7-9-15(10-8-13)18-19-16(12-21-18)11-17(20)14-5-3-2-4-6-14/h2-10,12H,11H2,1H3. The van der Waals surface area contributed by atoms with E-state index in [0.29, 0.717) is 6.42 Å². The van der Waals surface area contributed by atoms with Crippen molar-refractivity contribution in [3.05, 3.63) is 76.8 Å². The van der Waals surface area contributed by atoms with Crippen LogP contribution in [-0.2, 0) is 6.42 Å². The molecule has 0 spiro atoms. The van der Waals surface area contributed by atoms with Gasteiger partial charge in [0, 0.05) is 16.5 Å². The third kappa shape index (κ3) is 3.26. The van der Waals surface area contributed by atoms with Crippen molar-refractivity contribution >= 4 is 17.1 Å². The van der Waals surface area contributed by atoms with Crippen molar-refractivity contribution in [1.82, 2.24) is 4.98 Å². The first kappa shape index (κ1) is 13.7. The first-order valence-electron chi connectivity index (χ1n) is 6.82. The Morgan fingerprint density at radius 1 is 1.05 bits per heavy atom. The maximum atomic E-state index is 12.2. The van der Waals surface area contributed by atoms with Gasteiger partial charge in [0.05, 0.1) is 12.1 Å². The molecule has 0 saturated carbocycles. The zero-order valence-corrected chi connectivity index (χ0v) is 12.6. The van der Waals surface area contributed by atoms with Crippen LogP contribution >= 0.6 is 11.3 Å². The van der Waals surface area contributed by atoms with Crippen LogP contribution in [0, 0.1) is 6.92 Å². The number of Topliss-reactive ketones (excluding diaryl/α,β-unsaturated/α-hetero) is 1. The number of aryl methyl sites for hydroxylation is 1. The Morgan fingerprint density at radius 3 is 2.48 bits per heavy atom. The van der Waals surface area contributed by atoms with E-state index >= 15 is 0 Å². The molecule has 0 atom stereocenters. The molecule has 0 aliphatic carbocycles. The van der Waals surface area contributed by atoms with E-state index in [1.165, 1.54) is 5.56 Å². The minimum absolute atomic E-state index is 0.108. The van der Waals surface area contributed by atoms with Gasteiger partial charge in [0.15, 0.2) is 5.78 Å². The van der Waals surface area contributed by atoms with E-state index in [9.17, 15) is 4.79 Å². The minimum atomic E-state index is 0.108. The van der Waals surface area contributed by atoms with Gasteiger partial charge >= 0.3 is 0 Å². The summed E-state index contributed by atoms with van der Waals surface area (Å²) in [6, 6.07) is 17.6. The predicted octanol–water partition coefficient (Wildman–Crippen LogP) is 4.54. The quantitative estimate of drug-likeness (QED) is 0.661. The van der Waals surface area contributed by atoms with Crippen molar-refractivity contribution in [2.45, 2.75) is 13.3 Å². The first-order chi connectivity index (χ1) is 10.2. The van der Waals surface area contributed by atoms with Gasteiger partial charge in [-0.15, -0.1) is 11.3 Å². The molecule has 0 aliphatic rings. The normalized spacial score (nSPS) is 10.5. The summed E-state index contributed by atoms with van der Waals surface area (Å²) in [6.07, 6.45) is 0.354. The number of carbonyl (C=O) groups excluding carboxylic acids is 1. The van der Waals surface area contributed by atoms with Crippen LogP contribution in [0.4, 0.5) is 0 Å². The molecule has 0 amide bonds. The van der Waals surface area contributed by atoms with Crippen LogP contribution in [0.15, 0.2) is 60.0 Å². The van der Waals surface area contributed by atoms with E-state index in [4.69, 9.17) is 0 Å². The van der Waals surface area contributed by atoms with Gasteiger partial charge in [-0.1, -0.05) is 60.2 Å². The van der Waals surface area contributed by atoms with Gasteiger partial charge in [0.1, 0.15) is 5.01 Å². The van der Waals surface area contributed by atoms with Crippen LogP contribution in [0.2, 0.25) is 0 Å². The Labute approximate surface area is 128 Å². The monoisotopic (exact) mass is 293 g/mol. The molecular formula is C18H15NOS. The molecule has 2 aromatic carbocycles. The van der Waals surface area contributed by atoms with Gasteiger partial charge in [-0.2, -0.15) is 0 Å². The fourth-order valence-electron chi connectivity index (χ4n) is 2.11. The van der Waals surface area contributed by atoms with Crippen LogP contribution in [0.5, 0.6) is 0 Å². The minimum Gasteiger partial charge on any atom is -0.294 e. The molecule has 21 heavy (non-hydrogen) atoms. The summed E-state index contributed by atoms with van der Waals surface area (Å²) in [5.41, 5.74) is 3.91. The molecule has 3 heteroatoms. The molecule has 0 aliphatic heterocycles. The van der Waals surface area contributed by atoms with E-state index in [2.05, 4.69) is 36.2 Å². The fourth-order valence-corrected chi connectivity index (χ4v) is 2.93. The SMILES string of the molecule is Cc1ccc(-c2nc(CC(=O)c3ccccc3)cs2)cc1. The van der Waals surface area contributed by atoms with Crippen molar-refractivity contribution in [2.24, 2.45) is 0 Å². The van der Waals surface area contributed by atoms with Crippen molar-refractivity contribution in [2.75, 3.05) is 0 Å². The summed E-state index contributed by atoms with van der Waals surface area (Å²) >= 11 is 1.58. The van der Waals surface area contributed by atoms with Gasteiger partial charge < -0.3 is 0 Å². The van der Waals surface area contributed by atoms with Gasteiger partial charge in [-0.05, 0) is 6.92 Å². The molecule has 2 nitrogen and oxygen atoms in total. The number of carbonyl (C=O) groups is 1. The molecule has 1 heterocycles. The molecule has 104 valence electrons. The average Bonchev–Trinajstić information content (AvgIpc) is 2.97. The molecule has 1 aromatic heterocycles. The lowest BCUT2D eigenvalue weighted by Gasteiger charge is -1.98. The number of thiazole rings is 1. The lowest BCUT2D eigenvalue weighted by atomic mass is 10.1. The number of ketones is 1. The Bertz CT molecular complexity index is 744. The first-order valence-corrected chi connectivity index (χ1v) is 7.70. The lowest BCUT2D eigenvalue weighted by Crippen LogP contribution is -2.03. The molecule has 0 N–H and O–H groups in total. The summed E-state index contributed by atoms with van der Waals surface area (Å²) in [4.78, 5) is 16.7. The highest BCUT2D eigenvalue weighted by molar-refractivity contribution is 7.13. The number of aromatic nitrogens is 1. The Kier molecular flexibility index (Phi) is 3.93. The Balaban J connectivity index is 1.76. The molecule has 0 saturated heterocycles. The Morgan fingerprint density at radius 2 is 1.76 bits per heavy atom. The van der Waals surface area contributed by atoms with Crippen LogP contribution < -0.4 is 0 Å². The van der Waals surface area contributed by atoms with E-state index in [0.717, 1.165) is 21.8 Å². The molecule has 0 fully saturated rings. The number of hydrogen-bond acceptors (Lipinski definition) is 3. The highest BCUT2D eigenvalue weighted by atomic mass is 32.1. The highest BCUT2D eigenvalue weighted by Crippen LogP contribution is 2.24. The van der Waals surface area contributed by atoms with Crippen LogP contribution in [0.25, 0.3) is 10.6 Å². The molecule has 3 rings (SSSR count). The summed E-state index contributed by atoms with van der Waals surface area (Å²) in [7, 11) is 0. The van der Waals surface area contributed by atoms with Gasteiger partial charge in [0.2, 0.25) is 0 Å². The maximum Gasteiger partial charge on any atom is 0.168 e. The zero-order valence-electron chi connectivity index (χ0n) is 11.7. The van der Waals surface area contributed by atoms with Crippen LogP contribution in [0.1, 0.15) is 21.6 Å². The lowest BCUT2D eigenvalue weighted by molar-refractivity contribution is 0.0992.